The molecular weight excluding hydrogens is 431 g/mol. The Morgan fingerprint density at radius 3 is 1.77 bits per heavy atom. The minimum Gasteiger partial charge on any atom is -0.465 e. The number of ether oxygens (including phenoxy) is 2. The second-order valence-corrected chi connectivity index (χ2v) is 10.6. The first kappa shape index (κ1) is 24.9. The van der Waals surface area contributed by atoms with Gasteiger partial charge in [-0.15, -0.1) is 11.6 Å². The Balaban J connectivity index is 2.79. The van der Waals surface area contributed by atoms with Crippen molar-refractivity contribution in [3.63, 3.8) is 0 Å². The van der Waals surface area contributed by atoms with Crippen molar-refractivity contribution >= 4 is 31.1 Å². The molecule has 0 N–H and O–H groups in total. The van der Waals surface area contributed by atoms with E-state index in [0.29, 0.717) is 5.56 Å². The van der Waals surface area contributed by atoms with E-state index in [9.17, 15) is 14.2 Å². The number of carbonyl (C=O) groups is 2. The van der Waals surface area contributed by atoms with Gasteiger partial charge in [0.15, 0.2) is 4.62 Å². The van der Waals surface area contributed by atoms with Gasteiger partial charge in [-0.1, -0.05) is 30.3 Å². The smallest absolute Gasteiger partial charge is 0.354 e. The Labute approximate surface area is 182 Å². The predicted octanol–water partition coefficient (Wildman–Crippen LogP) is 4.87. The SMILES string of the molecule is CCOC(=O)C1(C(=O)OCC)[C@H](c2ccccc2)[C@@]1(Cl)P(=O)(OC(C)C)OC(C)C. The second kappa shape index (κ2) is 9.39. The maximum absolute atomic E-state index is 14.1. The van der Waals surface area contributed by atoms with Crippen LogP contribution >= 0.6 is 19.2 Å². The molecule has 0 radical (unpaired) electrons. The van der Waals surface area contributed by atoms with Gasteiger partial charge in [-0.25, -0.2) is 0 Å². The van der Waals surface area contributed by atoms with Gasteiger partial charge in [-0.2, -0.15) is 0 Å². The Morgan fingerprint density at radius 2 is 1.40 bits per heavy atom. The van der Waals surface area contributed by atoms with Crippen LogP contribution in [0.1, 0.15) is 53.0 Å². The van der Waals surface area contributed by atoms with Gasteiger partial charge < -0.3 is 18.5 Å². The van der Waals surface area contributed by atoms with Gasteiger partial charge in [0.1, 0.15) is 0 Å². The standard InChI is InChI=1S/C21H30ClO7P/c1-7-26-18(23)20(19(24)27-8-2)17(16-12-10-9-11-13-16)21(20,22)30(25,28-14(3)4)29-15(5)6/h9-15,17H,7-8H2,1-6H3/t17-,21+/m0/s1. The van der Waals surface area contributed by atoms with Crippen LogP contribution < -0.4 is 0 Å². The zero-order valence-electron chi connectivity index (χ0n) is 18.2. The highest BCUT2D eigenvalue weighted by Gasteiger charge is 2.94. The predicted molar refractivity (Wildman–Crippen MR) is 114 cm³/mol. The number of rotatable bonds is 10. The van der Waals surface area contributed by atoms with Gasteiger partial charge in [-0.3, -0.25) is 14.2 Å². The largest absolute Gasteiger partial charge is 0.465 e. The molecule has 0 spiro atoms. The lowest BCUT2D eigenvalue weighted by atomic mass is 9.99. The molecule has 168 valence electrons. The highest BCUT2D eigenvalue weighted by molar-refractivity contribution is 7.58. The highest BCUT2D eigenvalue weighted by Crippen LogP contribution is 2.88. The number of esters is 2. The molecule has 0 aromatic heterocycles. The third-order valence-corrected chi connectivity index (χ3v) is 8.65. The van der Waals surface area contributed by atoms with Crippen LogP contribution in [0.3, 0.4) is 0 Å². The summed E-state index contributed by atoms with van der Waals surface area (Å²) in [5.41, 5.74) is -1.53. The van der Waals surface area contributed by atoms with Crippen molar-refractivity contribution < 1.29 is 32.7 Å². The van der Waals surface area contributed by atoms with Crippen molar-refractivity contribution in [3.05, 3.63) is 35.9 Å². The second-order valence-electron chi connectivity index (χ2n) is 7.57. The summed E-state index contributed by atoms with van der Waals surface area (Å²) in [6, 6.07) is 8.67. The number of hydrogen-bond acceptors (Lipinski definition) is 7. The molecule has 1 fully saturated rings. The molecule has 0 aliphatic heterocycles. The van der Waals surface area contributed by atoms with E-state index in [2.05, 4.69) is 0 Å². The summed E-state index contributed by atoms with van der Waals surface area (Å²) in [5.74, 6) is -2.84. The van der Waals surface area contributed by atoms with Crippen LogP contribution in [0.2, 0.25) is 0 Å². The van der Waals surface area contributed by atoms with Crippen LogP contribution in [0.4, 0.5) is 0 Å². The van der Waals surface area contributed by atoms with Crippen molar-refractivity contribution in [1.82, 2.24) is 0 Å². The molecule has 1 aliphatic carbocycles. The summed E-state index contributed by atoms with van der Waals surface area (Å²) in [7, 11) is -4.24. The summed E-state index contributed by atoms with van der Waals surface area (Å²) in [6.45, 7) is 9.94. The molecule has 0 unspecified atom stereocenters. The average molecular weight is 461 g/mol. The topological polar surface area (TPSA) is 88.1 Å². The molecule has 0 amide bonds. The lowest BCUT2D eigenvalue weighted by molar-refractivity contribution is -0.164. The van der Waals surface area contributed by atoms with Crippen molar-refractivity contribution in [1.29, 1.82) is 0 Å². The van der Waals surface area contributed by atoms with Gasteiger partial charge >= 0.3 is 19.5 Å². The third-order valence-electron chi connectivity index (χ3n) is 4.71. The number of halogens is 1. The lowest BCUT2D eigenvalue weighted by Gasteiger charge is -2.29. The molecule has 1 saturated carbocycles. The zero-order valence-corrected chi connectivity index (χ0v) is 19.9. The highest BCUT2D eigenvalue weighted by atomic mass is 35.5. The summed E-state index contributed by atoms with van der Waals surface area (Å²) < 4.78 is 34.0. The molecular formula is C21H30ClO7P. The van der Waals surface area contributed by atoms with Crippen molar-refractivity contribution in [2.24, 2.45) is 5.41 Å². The third kappa shape index (κ3) is 3.93. The molecule has 0 saturated heterocycles. The molecule has 30 heavy (non-hydrogen) atoms. The summed E-state index contributed by atoms with van der Waals surface area (Å²) in [4.78, 5) is 26.4. The first-order valence-corrected chi connectivity index (χ1v) is 12.0. The minimum atomic E-state index is -4.24. The maximum Gasteiger partial charge on any atom is 0.354 e. The van der Waals surface area contributed by atoms with Gasteiger partial charge in [0.25, 0.3) is 0 Å². The molecule has 0 heterocycles. The monoisotopic (exact) mass is 460 g/mol. The molecule has 1 aromatic carbocycles. The van der Waals surface area contributed by atoms with Crippen LogP contribution in [0, 0.1) is 5.41 Å². The van der Waals surface area contributed by atoms with E-state index in [0.717, 1.165) is 0 Å². The van der Waals surface area contributed by atoms with Gasteiger partial charge in [-0.05, 0) is 47.1 Å². The molecule has 9 heteroatoms. The first-order valence-electron chi connectivity index (χ1n) is 10.1. The summed E-state index contributed by atoms with van der Waals surface area (Å²) in [6.07, 6.45) is -1.08. The van der Waals surface area contributed by atoms with E-state index in [1.807, 2.05) is 0 Å². The summed E-state index contributed by atoms with van der Waals surface area (Å²) in [5, 5.41) is 0. The van der Waals surface area contributed by atoms with E-state index < -0.39 is 47.7 Å². The van der Waals surface area contributed by atoms with Crippen LogP contribution in [0.25, 0.3) is 0 Å². The molecule has 7 nitrogen and oxygen atoms in total. The number of alkyl halides is 1. The Morgan fingerprint density at radius 1 is 0.967 bits per heavy atom. The number of benzene rings is 1. The maximum atomic E-state index is 14.1. The first-order chi connectivity index (χ1) is 14.0. The fourth-order valence-corrected chi connectivity index (χ4v) is 7.29. The zero-order chi connectivity index (χ0) is 22.7. The minimum absolute atomic E-state index is 0.00877. The molecule has 2 rings (SSSR count). The van der Waals surface area contributed by atoms with Gasteiger partial charge in [0.05, 0.1) is 25.4 Å². The fourth-order valence-electron chi connectivity index (χ4n) is 3.74. The quantitative estimate of drug-likeness (QED) is 0.213. The summed E-state index contributed by atoms with van der Waals surface area (Å²) >= 11 is 7.01. The van der Waals surface area contributed by atoms with Crippen LogP contribution in [-0.2, 0) is 32.7 Å². The Bertz CT molecular complexity index is 779. The van der Waals surface area contributed by atoms with E-state index in [1.165, 1.54) is 0 Å². The van der Waals surface area contributed by atoms with E-state index >= 15 is 0 Å². The van der Waals surface area contributed by atoms with Crippen molar-refractivity contribution in [2.45, 2.75) is 64.3 Å². The van der Waals surface area contributed by atoms with Crippen molar-refractivity contribution in [2.75, 3.05) is 13.2 Å². The van der Waals surface area contributed by atoms with Crippen molar-refractivity contribution in [3.8, 4) is 0 Å². The number of carbonyl (C=O) groups excluding carboxylic acids is 2. The van der Waals surface area contributed by atoms with Crippen LogP contribution in [-0.4, -0.2) is 42.0 Å². The van der Waals surface area contributed by atoms with E-state index in [-0.39, 0.29) is 13.2 Å². The number of hydrogen-bond donors (Lipinski definition) is 0. The Kier molecular flexibility index (Phi) is 7.78. The lowest BCUT2D eigenvalue weighted by Crippen LogP contribution is -2.37. The fraction of sp³-hybridized carbons (Fsp3) is 0.619. The molecule has 1 aliphatic rings. The van der Waals surface area contributed by atoms with Crippen LogP contribution in [0.15, 0.2) is 30.3 Å². The molecule has 2 atom stereocenters. The van der Waals surface area contributed by atoms with Crippen LogP contribution in [0.5, 0.6) is 0 Å². The van der Waals surface area contributed by atoms with E-state index in [1.54, 1.807) is 71.9 Å². The average Bonchev–Trinajstić information content (AvgIpc) is 3.25. The van der Waals surface area contributed by atoms with Gasteiger partial charge in [0, 0.05) is 5.92 Å². The van der Waals surface area contributed by atoms with Gasteiger partial charge in [0.2, 0.25) is 5.41 Å². The molecule has 0 bridgehead atoms. The normalized spacial score (nSPS) is 22.8. The molecule has 1 aromatic rings. The van der Waals surface area contributed by atoms with E-state index in [4.69, 9.17) is 30.1 Å². The Hall–Kier alpha value is -1.40.